The molecule has 1 atom stereocenters. The monoisotopic (exact) mass is 456 g/mol. The van der Waals surface area contributed by atoms with Crippen LogP contribution in [0, 0.1) is 13.8 Å². The van der Waals surface area contributed by atoms with Gasteiger partial charge in [0.2, 0.25) is 11.8 Å². The van der Waals surface area contributed by atoms with Crippen LogP contribution in [0.4, 0.5) is 11.4 Å². The minimum atomic E-state index is -0.580. The van der Waals surface area contributed by atoms with Crippen molar-refractivity contribution in [1.82, 2.24) is 0 Å². The highest BCUT2D eigenvalue weighted by Crippen LogP contribution is 2.34. The molecule has 33 heavy (non-hydrogen) atoms. The molecule has 1 heterocycles. The van der Waals surface area contributed by atoms with Crippen molar-refractivity contribution in [2.24, 2.45) is 10.2 Å². The summed E-state index contributed by atoms with van der Waals surface area (Å²) in [5, 5.41) is 11.3. The van der Waals surface area contributed by atoms with Gasteiger partial charge in [-0.15, -0.1) is 5.10 Å². The van der Waals surface area contributed by atoms with Crippen molar-refractivity contribution in [2.75, 3.05) is 10.2 Å². The normalized spacial score (nSPS) is 17.2. The number of carbonyl (C=O) groups excluding carboxylic acids is 2. The van der Waals surface area contributed by atoms with Gasteiger partial charge in [0.05, 0.1) is 11.9 Å². The Morgan fingerprint density at radius 3 is 2.27 bits per heavy atom. The first kappa shape index (κ1) is 22.5. The highest BCUT2D eigenvalue weighted by Gasteiger charge is 2.40. The minimum Gasteiger partial charge on any atom is -0.326 e. The van der Waals surface area contributed by atoms with Gasteiger partial charge in [-0.1, -0.05) is 77.5 Å². The number of amidine groups is 1. The first-order valence-corrected chi connectivity index (χ1v) is 11.5. The van der Waals surface area contributed by atoms with Crippen LogP contribution in [0.3, 0.4) is 0 Å². The Morgan fingerprint density at radius 2 is 1.61 bits per heavy atom. The Morgan fingerprint density at radius 1 is 0.970 bits per heavy atom. The molecule has 1 fully saturated rings. The van der Waals surface area contributed by atoms with Gasteiger partial charge >= 0.3 is 0 Å². The standard InChI is InChI=1S/C26H24N4O2S/c1-18-8-12-20(13-9-18)17-27-29-26-30(22-6-4-3-5-7-22)25(32)23(33-26)16-24(31)28-21-14-10-19(2)11-15-21/h3-15,17,23H,16H2,1-2H3,(H,28,31)/b27-17+,29-26-. The summed E-state index contributed by atoms with van der Waals surface area (Å²) in [6.45, 7) is 4.01. The quantitative estimate of drug-likeness (QED) is 0.411. The maximum atomic E-state index is 13.2. The number of benzene rings is 3. The van der Waals surface area contributed by atoms with Crippen LogP contribution in [-0.2, 0) is 9.59 Å². The lowest BCUT2D eigenvalue weighted by molar-refractivity contribution is -0.121. The molecule has 0 aliphatic carbocycles. The van der Waals surface area contributed by atoms with Crippen LogP contribution in [0.2, 0.25) is 0 Å². The van der Waals surface area contributed by atoms with Crippen LogP contribution in [-0.4, -0.2) is 28.4 Å². The van der Waals surface area contributed by atoms with E-state index in [9.17, 15) is 9.59 Å². The molecular weight excluding hydrogens is 432 g/mol. The largest absolute Gasteiger partial charge is 0.326 e. The van der Waals surface area contributed by atoms with Gasteiger partial charge in [-0.25, -0.2) is 0 Å². The van der Waals surface area contributed by atoms with Crippen molar-refractivity contribution >= 4 is 46.3 Å². The van der Waals surface area contributed by atoms with Crippen molar-refractivity contribution in [3.63, 3.8) is 0 Å². The zero-order chi connectivity index (χ0) is 23.2. The predicted octanol–water partition coefficient (Wildman–Crippen LogP) is 5.17. The zero-order valence-electron chi connectivity index (χ0n) is 18.4. The van der Waals surface area contributed by atoms with Crippen molar-refractivity contribution in [2.45, 2.75) is 25.5 Å². The topological polar surface area (TPSA) is 74.1 Å². The van der Waals surface area contributed by atoms with E-state index in [0.717, 1.165) is 16.7 Å². The number of thioether (sulfide) groups is 1. The van der Waals surface area contributed by atoms with Gasteiger partial charge in [-0.05, 0) is 43.7 Å². The van der Waals surface area contributed by atoms with E-state index < -0.39 is 5.25 Å². The average molecular weight is 457 g/mol. The van der Waals surface area contributed by atoms with Crippen molar-refractivity contribution in [3.8, 4) is 0 Å². The SMILES string of the molecule is Cc1ccc(/C=N/N=C2\SC(CC(=O)Nc3ccc(C)cc3)C(=O)N2c2ccccc2)cc1. The molecule has 1 aliphatic rings. The third kappa shape index (κ3) is 5.75. The van der Waals surface area contributed by atoms with Crippen LogP contribution < -0.4 is 10.2 Å². The summed E-state index contributed by atoms with van der Waals surface area (Å²) in [5.74, 6) is -0.406. The minimum absolute atomic E-state index is 0.0431. The number of hydrogen-bond donors (Lipinski definition) is 1. The predicted molar refractivity (Wildman–Crippen MR) is 136 cm³/mol. The summed E-state index contributed by atoms with van der Waals surface area (Å²) in [7, 11) is 0. The van der Waals surface area contributed by atoms with E-state index in [2.05, 4.69) is 15.5 Å². The van der Waals surface area contributed by atoms with Crippen molar-refractivity contribution in [1.29, 1.82) is 0 Å². The Balaban J connectivity index is 1.52. The molecule has 4 rings (SSSR count). The molecular formula is C26H24N4O2S. The van der Waals surface area contributed by atoms with Crippen LogP contribution in [0.25, 0.3) is 0 Å². The lowest BCUT2D eigenvalue weighted by Crippen LogP contribution is -2.33. The van der Waals surface area contributed by atoms with E-state index in [4.69, 9.17) is 0 Å². The molecule has 6 nitrogen and oxygen atoms in total. The second-order valence-electron chi connectivity index (χ2n) is 7.77. The van der Waals surface area contributed by atoms with Crippen LogP contribution in [0.5, 0.6) is 0 Å². The molecule has 3 aromatic rings. The number of rotatable bonds is 6. The summed E-state index contributed by atoms with van der Waals surface area (Å²) in [6.07, 6.45) is 1.69. The highest BCUT2D eigenvalue weighted by atomic mass is 32.2. The number of hydrogen-bond acceptors (Lipinski definition) is 5. The number of aryl methyl sites for hydroxylation is 2. The molecule has 0 aromatic heterocycles. The Labute approximate surface area is 197 Å². The first-order valence-electron chi connectivity index (χ1n) is 10.6. The molecule has 7 heteroatoms. The second-order valence-corrected chi connectivity index (χ2v) is 8.94. The number of amides is 2. The molecule has 2 amide bonds. The summed E-state index contributed by atoms with van der Waals surface area (Å²) >= 11 is 1.25. The van der Waals surface area contributed by atoms with E-state index in [1.807, 2.05) is 92.7 Å². The molecule has 1 unspecified atom stereocenters. The maximum Gasteiger partial charge on any atom is 0.247 e. The van der Waals surface area contributed by atoms with Crippen molar-refractivity contribution < 1.29 is 9.59 Å². The molecule has 0 saturated carbocycles. The van der Waals surface area contributed by atoms with E-state index in [-0.39, 0.29) is 18.2 Å². The fraction of sp³-hybridized carbons (Fsp3) is 0.154. The molecule has 3 aromatic carbocycles. The van der Waals surface area contributed by atoms with Crippen LogP contribution >= 0.6 is 11.8 Å². The number of para-hydroxylation sites is 1. The lowest BCUT2D eigenvalue weighted by Gasteiger charge is -2.15. The summed E-state index contributed by atoms with van der Waals surface area (Å²) in [4.78, 5) is 27.4. The molecule has 0 radical (unpaired) electrons. The molecule has 0 spiro atoms. The Bertz CT molecular complexity index is 1190. The second kappa shape index (κ2) is 10.3. The number of nitrogens with zero attached hydrogens (tertiary/aromatic N) is 3. The van der Waals surface area contributed by atoms with Gasteiger partial charge in [-0.3, -0.25) is 14.5 Å². The number of anilines is 2. The van der Waals surface area contributed by atoms with Gasteiger partial charge in [0.15, 0.2) is 5.17 Å². The lowest BCUT2D eigenvalue weighted by atomic mass is 10.2. The maximum absolute atomic E-state index is 13.2. The third-order valence-electron chi connectivity index (χ3n) is 5.08. The molecule has 1 saturated heterocycles. The van der Waals surface area contributed by atoms with E-state index in [0.29, 0.717) is 16.5 Å². The number of carbonyl (C=O) groups is 2. The Kier molecular flexibility index (Phi) is 7.00. The third-order valence-corrected chi connectivity index (χ3v) is 6.21. The van der Waals surface area contributed by atoms with Gasteiger partial charge in [0.1, 0.15) is 5.25 Å². The fourth-order valence-corrected chi connectivity index (χ4v) is 4.39. The summed E-state index contributed by atoms with van der Waals surface area (Å²) < 4.78 is 0. The smallest absolute Gasteiger partial charge is 0.247 e. The Hall–Kier alpha value is -3.71. The fourth-order valence-electron chi connectivity index (χ4n) is 3.30. The van der Waals surface area contributed by atoms with E-state index >= 15 is 0 Å². The molecule has 166 valence electrons. The van der Waals surface area contributed by atoms with E-state index in [1.165, 1.54) is 16.7 Å². The van der Waals surface area contributed by atoms with Crippen LogP contribution in [0.1, 0.15) is 23.1 Å². The summed E-state index contributed by atoms with van der Waals surface area (Å²) in [5.41, 5.74) is 4.59. The zero-order valence-corrected chi connectivity index (χ0v) is 19.3. The van der Waals surface area contributed by atoms with E-state index in [1.54, 1.807) is 6.21 Å². The van der Waals surface area contributed by atoms with Gasteiger partial charge in [0, 0.05) is 12.1 Å². The van der Waals surface area contributed by atoms with Crippen molar-refractivity contribution in [3.05, 3.63) is 95.6 Å². The van der Waals surface area contributed by atoms with Crippen LogP contribution in [0.15, 0.2) is 89.1 Å². The average Bonchev–Trinajstić information content (AvgIpc) is 3.12. The number of nitrogens with one attached hydrogen (secondary N) is 1. The highest BCUT2D eigenvalue weighted by molar-refractivity contribution is 8.16. The van der Waals surface area contributed by atoms with Gasteiger partial charge in [-0.2, -0.15) is 5.10 Å². The molecule has 1 N–H and O–H groups in total. The molecule has 1 aliphatic heterocycles. The molecule has 0 bridgehead atoms. The first-order chi connectivity index (χ1) is 16.0. The van der Waals surface area contributed by atoms with Gasteiger partial charge < -0.3 is 5.32 Å². The van der Waals surface area contributed by atoms with Gasteiger partial charge in [0.25, 0.3) is 0 Å². The summed E-state index contributed by atoms with van der Waals surface area (Å²) in [6, 6.07) is 24.8.